The van der Waals surface area contributed by atoms with Crippen LogP contribution in [0.5, 0.6) is 0 Å². The maximum Gasteiger partial charge on any atom is 0.237 e. The molecule has 112 valence electrons. The molecule has 0 aromatic rings. The average Bonchev–Trinajstić information content (AvgIpc) is 2.63. The fourth-order valence-electron chi connectivity index (χ4n) is 2.74. The average molecular weight is 270 g/mol. The molecule has 1 rings (SSSR count). The first-order chi connectivity index (χ1) is 9.00. The van der Waals surface area contributed by atoms with Crippen molar-refractivity contribution in [2.45, 2.75) is 65.0 Å². The Hall–Kier alpha value is -0.610. The highest BCUT2D eigenvalue weighted by atomic mass is 16.3. The van der Waals surface area contributed by atoms with E-state index in [0.29, 0.717) is 12.5 Å². The number of likely N-dealkylation sites (tertiary alicyclic amines) is 1. The molecule has 0 bridgehead atoms. The molecule has 0 unspecified atom stereocenters. The number of aliphatic hydroxyl groups excluding tert-OH is 1. The molecule has 1 amide bonds. The third-order valence-electron chi connectivity index (χ3n) is 3.94. The van der Waals surface area contributed by atoms with Crippen molar-refractivity contribution >= 4 is 5.91 Å². The van der Waals surface area contributed by atoms with Crippen molar-refractivity contribution in [3.63, 3.8) is 0 Å². The van der Waals surface area contributed by atoms with E-state index in [9.17, 15) is 9.90 Å². The van der Waals surface area contributed by atoms with Gasteiger partial charge in [-0.05, 0) is 52.1 Å². The molecule has 19 heavy (non-hydrogen) atoms. The molecule has 0 spiro atoms. The Morgan fingerprint density at radius 3 is 2.26 bits per heavy atom. The van der Waals surface area contributed by atoms with E-state index >= 15 is 0 Å². The van der Waals surface area contributed by atoms with Gasteiger partial charge in [0.25, 0.3) is 0 Å². The molecule has 1 aliphatic rings. The quantitative estimate of drug-likeness (QED) is 0.773. The van der Waals surface area contributed by atoms with E-state index < -0.39 is 0 Å². The van der Waals surface area contributed by atoms with Crippen LogP contribution in [0.3, 0.4) is 0 Å². The van der Waals surface area contributed by atoms with Crippen LogP contribution < -0.4 is 5.32 Å². The first-order valence-electron chi connectivity index (χ1n) is 7.70. The van der Waals surface area contributed by atoms with E-state index in [1.807, 2.05) is 6.92 Å². The molecule has 2 N–H and O–H groups in total. The highest BCUT2D eigenvalue weighted by Gasteiger charge is 2.22. The zero-order valence-corrected chi connectivity index (χ0v) is 12.7. The van der Waals surface area contributed by atoms with E-state index in [4.69, 9.17) is 0 Å². The number of nitrogens with one attached hydrogen (secondary N) is 1. The number of nitrogens with zero attached hydrogens (tertiary/aromatic N) is 1. The molecule has 0 aliphatic carbocycles. The minimum absolute atomic E-state index is 0.0307. The fourth-order valence-corrected chi connectivity index (χ4v) is 2.74. The molecule has 1 fully saturated rings. The van der Waals surface area contributed by atoms with Crippen LogP contribution in [0.1, 0.15) is 52.9 Å². The van der Waals surface area contributed by atoms with Gasteiger partial charge in [0.05, 0.1) is 12.1 Å². The minimum atomic E-state index is -0.296. The highest BCUT2D eigenvalue weighted by Crippen LogP contribution is 2.12. The number of aliphatic hydroxyl groups is 1. The lowest BCUT2D eigenvalue weighted by molar-refractivity contribution is -0.126. The molecule has 0 aromatic carbocycles. The van der Waals surface area contributed by atoms with Gasteiger partial charge in [-0.1, -0.05) is 19.8 Å². The number of carbonyl (C=O) groups excluding carboxylic acids is 1. The summed E-state index contributed by atoms with van der Waals surface area (Å²) in [6.07, 6.45) is 5.42. The van der Waals surface area contributed by atoms with Crippen LogP contribution in [0.25, 0.3) is 0 Å². The van der Waals surface area contributed by atoms with E-state index in [2.05, 4.69) is 17.1 Å². The number of hydrogen-bond donors (Lipinski definition) is 2. The Morgan fingerprint density at radius 1 is 1.16 bits per heavy atom. The highest BCUT2D eigenvalue weighted by molar-refractivity contribution is 5.81. The molecular weight excluding hydrogens is 240 g/mol. The third-order valence-corrected chi connectivity index (χ3v) is 3.94. The number of carbonyl (C=O) groups is 1. The number of hydrogen-bond acceptors (Lipinski definition) is 3. The predicted molar refractivity (Wildman–Crippen MR) is 78.0 cm³/mol. The van der Waals surface area contributed by atoms with Gasteiger partial charge in [-0.15, -0.1) is 0 Å². The summed E-state index contributed by atoms with van der Waals surface area (Å²) < 4.78 is 0. The van der Waals surface area contributed by atoms with Crippen molar-refractivity contribution in [2.24, 2.45) is 5.92 Å². The van der Waals surface area contributed by atoms with Gasteiger partial charge in [0.1, 0.15) is 0 Å². The minimum Gasteiger partial charge on any atom is -0.393 e. The summed E-state index contributed by atoms with van der Waals surface area (Å²) in [5, 5.41) is 12.3. The summed E-state index contributed by atoms with van der Waals surface area (Å²) in [6.45, 7) is 8.58. The second-order valence-corrected chi connectivity index (χ2v) is 6.06. The van der Waals surface area contributed by atoms with Crippen LogP contribution in [-0.4, -0.2) is 47.7 Å². The molecule has 1 heterocycles. The van der Waals surface area contributed by atoms with Crippen LogP contribution in [0.2, 0.25) is 0 Å². The second kappa shape index (κ2) is 8.54. The molecule has 0 radical (unpaired) electrons. The summed E-state index contributed by atoms with van der Waals surface area (Å²) in [5.41, 5.74) is 0. The Bertz CT molecular complexity index is 261. The maximum atomic E-state index is 12.1. The predicted octanol–water partition coefficient (Wildman–Crippen LogP) is 1.77. The molecule has 0 aromatic heterocycles. The van der Waals surface area contributed by atoms with Crippen LogP contribution in [0.15, 0.2) is 0 Å². The Balaban J connectivity index is 2.31. The molecule has 3 atom stereocenters. The van der Waals surface area contributed by atoms with Crippen molar-refractivity contribution in [3.05, 3.63) is 0 Å². The van der Waals surface area contributed by atoms with E-state index in [1.54, 1.807) is 6.92 Å². The van der Waals surface area contributed by atoms with E-state index in [0.717, 1.165) is 19.5 Å². The standard InChI is InChI=1S/C15H30N2O2/c1-12(10-13(2)18)11-16-15(19)14(3)17-8-6-4-5-7-9-17/h12-14,18H,4-11H2,1-3H3,(H,16,19)/t12-,13-,14+/m0/s1. The first kappa shape index (κ1) is 16.4. The topological polar surface area (TPSA) is 52.6 Å². The van der Waals surface area contributed by atoms with Gasteiger partial charge >= 0.3 is 0 Å². The van der Waals surface area contributed by atoms with Crippen molar-refractivity contribution in [1.29, 1.82) is 0 Å². The van der Waals surface area contributed by atoms with E-state index in [-0.39, 0.29) is 18.1 Å². The van der Waals surface area contributed by atoms with Crippen LogP contribution in [0, 0.1) is 5.92 Å². The van der Waals surface area contributed by atoms with Crippen LogP contribution >= 0.6 is 0 Å². The van der Waals surface area contributed by atoms with Gasteiger partial charge in [0.2, 0.25) is 5.91 Å². The monoisotopic (exact) mass is 270 g/mol. The molecule has 0 saturated carbocycles. The maximum absolute atomic E-state index is 12.1. The fraction of sp³-hybridized carbons (Fsp3) is 0.933. The lowest BCUT2D eigenvalue weighted by Gasteiger charge is -2.27. The lowest BCUT2D eigenvalue weighted by atomic mass is 10.0. The number of amides is 1. The van der Waals surface area contributed by atoms with Gasteiger partial charge in [-0.3, -0.25) is 9.69 Å². The zero-order valence-electron chi connectivity index (χ0n) is 12.7. The van der Waals surface area contributed by atoms with Gasteiger partial charge in [0.15, 0.2) is 0 Å². The summed E-state index contributed by atoms with van der Waals surface area (Å²) in [5.74, 6) is 0.444. The van der Waals surface area contributed by atoms with Crippen LogP contribution in [-0.2, 0) is 4.79 Å². The SMILES string of the molecule is C[C@H](CNC(=O)[C@@H](C)N1CCCCCC1)C[C@H](C)O. The van der Waals surface area contributed by atoms with Crippen molar-refractivity contribution in [1.82, 2.24) is 10.2 Å². The van der Waals surface area contributed by atoms with Gasteiger partial charge in [-0.25, -0.2) is 0 Å². The largest absolute Gasteiger partial charge is 0.393 e. The second-order valence-electron chi connectivity index (χ2n) is 6.06. The molecular formula is C15H30N2O2. The Morgan fingerprint density at radius 2 is 1.74 bits per heavy atom. The van der Waals surface area contributed by atoms with Crippen LogP contribution in [0.4, 0.5) is 0 Å². The molecule has 1 saturated heterocycles. The summed E-state index contributed by atoms with van der Waals surface area (Å²) in [4.78, 5) is 14.4. The normalized spacial score (nSPS) is 22.3. The Labute approximate surface area is 117 Å². The van der Waals surface area contributed by atoms with Gasteiger partial charge in [0, 0.05) is 6.54 Å². The van der Waals surface area contributed by atoms with E-state index in [1.165, 1.54) is 25.7 Å². The first-order valence-corrected chi connectivity index (χ1v) is 7.70. The lowest BCUT2D eigenvalue weighted by Crippen LogP contribution is -2.46. The van der Waals surface area contributed by atoms with Crippen molar-refractivity contribution in [2.75, 3.05) is 19.6 Å². The van der Waals surface area contributed by atoms with Crippen molar-refractivity contribution < 1.29 is 9.90 Å². The number of rotatable bonds is 6. The smallest absolute Gasteiger partial charge is 0.237 e. The zero-order chi connectivity index (χ0) is 14.3. The Kier molecular flexibility index (Phi) is 7.39. The van der Waals surface area contributed by atoms with Crippen molar-refractivity contribution in [3.8, 4) is 0 Å². The summed E-state index contributed by atoms with van der Waals surface area (Å²) in [7, 11) is 0. The third kappa shape index (κ3) is 6.39. The molecule has 4 heteroatoms. The molecule has 1 aliphatic heterocycles. The summed E-state index contributed by atoms with van der Waals surface area (Å²) >= 11 is 0. The van der Waals surface area contributed by atoms with Gasteiger partial charge < -0.3 is 10.4 Å². The van der Waals surface area contributed by atoms with Gasteiger partial charge in [-0.2, -0.15) is 0 Å². The summed E-state index contributed by atoms with van der Waals surface area (Å²) in [6, 6.07) is -0.0307. The molecule has 4 nitrogen and oxygen atoms in total.